The topological polar surface area (TPSA) is 52.6 Å². The Hall–Kier alpha value is -1.32. The summed E-state index contributed by atoms with van der Waals surface area (Å²) in [7, 11) is 0. The number of esters is 2. The van der Waals surface area contributed by atoms with Crippen LogP contribution in [-0.2, 0) is 19.1 Å². The number of hydrogen-bond acceptors (Lipinski definition) is 4. The summed E-state index contributed by atoms with van der Waals surface area (Å²) < 4.78 is 9.59. The molecule has 2 unspecified atom stereocenters. The zero-order valence-corrected chi connectivity index (χ0v) is 6.99. The van der Waals surface area contributed by atoms with Gasteiger partial charge in [-0.3, -0.25) is 4.79 Å². The van der Waals surface area contributed by atoms with Crippen LogP contribution < -0.4 is 0 Å². The highest BCUT2D eigenvalue weighted by molar-refractivity contribution is 5.92. The van der Waals surface area contributed by atoms with Gasteiger partial charge in [0.2, 0.25) is 0 Å². The van der Waals surface area contributed by atoms with Crippen molar-refractivity contribution in [2.75, 3.05) is 0 Å². The molecule has 0 aromatic carbocycles. The lowest BCUT2D eigenvalue weighted by molar-refractivity contribution is -0.149. The number of carbonyl (C=O) groups excluding carboxylic acids is 2. The van der Waals surface area contributed by atoms with Gasteiger partial charge in [0.25, 0.3) is 0 Å². The zero-order valence-electron chi connectivity index (χ0n) is 6.99. The molecule has 1 aliphatic heterocycles. The molecule has 1 saturated heterocycles. The Morgan fingerprint density at radius 1 is 1.67 bits per heavy atom. The molecule has 4 heteroatoms. The predicted molar refractivity (Wildman–Crippen MR) is 40.2 cm³/mol. The van der Waals surface area contributed by atoms with Crippen LogP contribution in [0.4, 0.5) is 0 Å². The van der Waals surface area contributed by atoms with Gasteiger partial charge in [-0.15, -0.1) is 0 Å². The van der Waals surface area contributed by atoms with Gasteiger partial charge in [-0.05, 0) is 6.92 Å². The van der Waals surface area contributed by atoms with Crippen molar-refractivity contribution in [2.24, 2.45) is 0 Å². The molecule has 66 valence electrons. The highest BCUT2D eigenvalue weighted by atomic mass is 16.6. The maximum absolute atomic E-state index is 10.9. The molecule has 1 rings (SSSR count). The van der Waals surface area contributed by atoms with Crippen LogP contribution in [-0.4, -0.2) is 24.1 Å². The molecule has 0 N–H and O–H groups in total. The fourth-order valence-corrected chi connectivity index (χ4v) is 1.05. The SMILES string of the molecule is C=C1C(=O)OC(C)C1OC(C)=O. The smallest absolute Gasteiger partial charge is 0.337 e. The molecule has 2 atom stereocenters. The second kappa shape index (κ2) is 2.97. The van der Waals surface area contributed by atoms with Gasteiger partial charge >= 0.3 is 11.9 Å². The molecule has 1 heterocycles. The Kier molecular flexibility index (Phi) is 2.17. The van der Waals surface area contributed by atoms with Gasteiger partial charge < -0.3 is 9.47 Å². The third-order valence-corrected chi connectivity index (χ3v) is 1.62. The van der Waals surface area contributed by atoms with Crippen molar-refractivity contribution in [1.82, 2.24) is 0 Å². The van der Waals surface area contributed by atoms with Crippen LogP contribution in [0.3, 0.4) is 0 Å². The molecule has 0 amide bonds. The molecular formula is C8H10O4. The van der Waals surface area contributed by atoms with Crippen molar-refractivity contribution in [1.29, 1.82) is 0 Å². The maximum atomic E-state index is 10.9. The molecule has 0 aliphatic carbocycles. The number of ether oxygens (including phenoxy) is 2. The summed E-state index contributed by atoms with van der Waals surface area (Å²) in [5, 5.41) is 0. The highest BCUT2D eigenvalue weighted by Gasteiger charge is 2.37. The molecule has 0 aromatic heterocycles. The normalized spacial score (nSPS) is 28.5. The maximum Gasteiger partial charge on any atom is 0.337 e. The van der Waals surface area contributed by atoms with Gasteiger partial charge in [0.05, 0.1) is 5.57 Å². The van der Waals surface area contributed by atoms with E-state index in [1.54, 1.807) is 6.92 Å². The predicted octanol–water partition coefficient (Wildman–Crippen LogP) is 0.420. The fourth-order valence-electron chi connectivity index (χ4n) is 1.05. The summed E-state index contributed by atoms with van der Waals surface area (Å²) >= 11 is 0. The van der Waals surface area contributed by atoms with Crippen molar-refractivity contribution >= 4 is 11.9 Å². The van der Waals surface area contributed by atoms with E-state index in [4.69, 9.17) is 9.47 Å². The Balaban J connectivity index is 2.70. The van der Waals surface area contributed by atoms with E-state index in [-0.39, 0.29) is 5.57 Å². The van der Waals surface area contributed by atoms with Crippen LogP contribution in [0.2, 0.25) is 0 Å². The molecule has 0 bridgehead atoms. The van der Waals surface area contributed by atoms with Gasteiger partial charge in [-0.1, -0.05) is 6.58 Å². The average Bonchev–Trinajstić information content (AvgIpc) is 2.16. The lowest BCUT2D eigenvalue weighted by atomic mass is 10.1. The standard InChI is InChI=1S/C8H10O4/c1-4-7(12-6(3)9)5(2)11-8(4)10/h5,7H,1H2,2-3H3. The summed E-state index contributed by atoms with van der Waals surface area (Å²) in [6, 6.07) is 0. The minimum Gasteiger partial charge on any atom is -0.455 e. The van der Waals surface area contributed by atoms with Crippen molar-refractivity contribution in [2.45, 2.75) is 26.1 Å². The number of rotatable bonds is 1. The monoisotopic (exact) mass is 170 g/mol. The van der Waals surface area contributed by atoms with Crippen molar-refractivity contribution in [3.63, 3.8) is 0 Å². The minimum absolute atomic E-state index is 0.206. The molecule has 0 spiro atoms. The number of cyclic esters (lactones) is 1. The third kappa shape index (κ3) is 1.47. The van der Waals surface area contributed by atoms with Gasteiger partial charge in [-0.2, -0.15) is 0 Å². The molecule has 1 fully saturated rings. The summed E-state index contributed by atoms with van der Waals surface area (Å²) in [6.45, 7) is 6.41. The fraction of sp³-hybridized carbons (Fsp3) is 0.500. The van der Waals surface area contributed by atoms with E-state index in [1.165, 1.54) is 6.92 Å². The molecule has 12 heavy (non-hydrogen) atoms. The second-order valence-corrected chi connectivity index (χ2v) is 2.67. The first-order valence-electron chi connectivity index (χ1n) is 3.59. The van der Waals surface area contributed by atoms with E-state index < -0.39 is 24.1 Å². The van der Waals surface area contributed by atoms with Crippen LogP contribution in [0.1, 0.15) is 13.8 Å². The van der Waals surface area contributed by atoms with Crippen LogP contribution in [0.25, 0.3) is 0 Å². The zero-order chi connectivity index (χ0) is 9.30. The molecule has 0 aromatic rings. The van der Waals surface area contributed by atoms with Gasteiger partial charge in [-0.25, -0.2) is 4.79 Å². The summed E-state index contributed by atoms with van der Waals surface area (Å²) in [4.78, 5) is 21.4. The highest BCUT2D eigenvalue weighted by Crippen LogP contribution is 2.22. The van der Waals surface area contributed by atoms with Crippen molar-refractivity contribution in [3.8, 4) is 0 Å². The van der Waals surface area contributed by atoms with Crippen molar-refractivity contribution in [3.05, 3.63) is 12.2 Å². The van der Waals surface area contributed by atoms with Crippen LogP contribution in [0.15, 0.2) is 12.2 Å². The molecule has 1 aliphatic rings. The van der Waals surface area contributed by atoms with Gasteiger partial charge in [0.1, 0.15) is 6.10 Å². The first-order chi connectivity index (χ1) is 5.52. The van der Waals surface area contributed by atoms with E-state index in [0.29, 0.717) is 0 Å². The molecule has 4 nitrogen and oxygen atoms in total. The number of carbonyl (C=O) groups is 2. The summed E-state index contributed by atoms with van der Waals surface area (Å²) in [5.74, 6) is -0.931. The second-order valence-electron chi connectivity index (χ2n) is 2.67. The van der Waals surface area contributed by atoms with E-state index in [9.17, 15) is 9.59 Å². The van der Waals surface area contributed by atoms with Crippen LogP contribution in [0, 0.1) is 0 Å². The van der Waals surface area contributed by atoms with Gasteiger partial charge in [0, 0.05) is 6.92 Å². The van der Waals surface area contributed by atoms with Gasteiger partial charge in [0.15, 0.2) is 6.10 Å². The summed E-state index contributed by atoms with van der Waals surface area (Å²) in [5.41, 5.74) is 0.206. The first-order valence-corrected chi connectivity index (χ1v) is 3.59. The van der Waals surface area contributed by atoms with Crippen LogP contribution >= 0.6 is 0 Å². The van der Waals surface area contributed by atoms with Crippen LogP contribution in [0.5, 0.6) is 0 Å². The third-order valence-electron chi connectivity index (χ3n) is 1.62. The lowest BCUT2D eigenvalue weighted by Crippen LogP contribution is -2.24. The Morgan fingerprint density at radius 2 is 2.25 bits per heavy atom. The molecule has 0 saturated carbocycles. The van der Waals surface area contributed by atoms with E-state index in [1.807, 2.05) is 0 Å². The van der Waals surface area contributed by atoms with E-state index in [0.717, 1.165) is 0 Å². The Bertz CT molecular complexity index is 243. The lowest BCUT2D eigenvalue weighted by Gasteiger charge is -2.12. The molecular weight excluding hydrogens is 160 g/mol. The van der Waals surface area contributed by atoms with Crippen molar-refractivity contribution < 1.29 is 19.1 Å². The molecule has 0 radical (unpaired) electrons. The van der Waals surface area contributed by atoms with E-state index >= 15 is 0 Å². The average molecular weight is 170 g/mol. The largest absolute Gasteiger partial charge is 0.455 e. The summed E-state index contributed by atoms with van der Waals surface area (Å²) in [6.07, 6.45) is -1.04. The Labute approximate surface area is 70.1 Å². The van der Waals surface area contributed by atoms with E-state index in [2.05, 4.69) is 6.58 Å². The Morgan fingerprint density at radius 3 is 2.58 bits per heavy atom. The minimum atomic E-state index is -0.616. The number of hydrogen-bond donors (Lipinski definition) is 0. The quantitative estimate of drug-likeness (QED) is 0.422. The first kappa shape index (κ1) is 8.77.